The van der Waals surface area contributed by atoms with Gasteiger partial charge in [-0.2, -0.15) is 0 Å². The standard InChI is InChI=1S/C14H13FN2O2S/c1-7-5-10(8(2)19-7)14(18)17-12-4-3-9(13(16)20)6-11(12)15/h3-6H,1-2H3,(H2,16,20)(H,17,18). The molecule has 1 aromatic heterocycles. The van der Waals surface area contributed by atoms with Gasteiger partial charge in [-0.05, 0) is 38.1 Å². The zero-order valence-electron chi connectivity index (χ0n) is 11.0. The Morgan fingerprint density at radius 1 is 1.35 bits per heavy atom. The summed E-state index contributed by atoms with van der Waals surface area (Å²) in [5.41, 5.74) is 6.26. The highest BCUT2D eigenvalue weighted by Gasteiger charge is 2.15. The number of furan rings is 1. The fourth-order valence-corrected chi connectivity index (χ4v) is 1.94. The van der Waals surface area contributed by atoms with Crippen molar-refractivity contribution >= 4 is 28.8 Å². The fourth-order valence-electron chi connectivity index (χ4n) is 1.82. The van der Waals surface area contributed by atoms with Gasteiger partial charge < -0.3 is 15.5 Å². The first kappa shape index (κ1) is 14.2. The number of carbonyl (C=O) groups is 1. The normalized spacial score (nSPS) is 10.3. The van der Waals surface area contributed by atoms with Gasteiger partial charge >= 0.3 is 0 Å². The number of rotatable bonds is 3. The lowest BCUT2D eigenvalue weighted by molar-refractivity contribution is 0.102. The van der Waals surface area contributed by atoms with E-state index in [0.717, 1.165) is 0 Å². The molecule has 0 aliphatic rings. The van der Waals surface area contributed by atoms with Gasteiger partial charge in [0, 0.05) is 5.56 Å². The molecule has 1 amide bonds. The highest BCUT2D eigenvalue weighted by atomic mass is 32.1. The maximum absolute atomic E-state index is 13.8. The Morgan fingerprint density at radius 2 is 2.05 bits per heavy atom. The summed E-state index contributed by atoms with van der Waals surface area (Å²) in [6, 6.07) is 5.76. The van der Waals surface area contributed by atoms with E-state index in [0.29, 0.717) is 22.6 Å². The van der Waals surface area contributed by atoms with Crippen molar-refractivity contribution in [3.63, 3.8) is 0 Å². The van der Waals surface area contributed by atoms with E-state index >= 15 is 0 Å². The van der Waals surface area contributed by atoms with Crippen LogP contribution in [0.1, 0.15) is 27.4 Å². The number of thiocarbonyl (C=S) groups is 1. The number of benzene rings is 1. The molecular weight excluding hydrogens is 279 g/mol. The van der Waals surface area contributed by atoms with E-state index in [2.05, 4.69) is 5.32 Å². The molecule has 0 saturated carbocycles. The molecular formula is C14H13FN2O2S. The Kier molecular flexibility index (Phi) is 3.85. The summed E-state index contributed by atoms with van der Waals surface area (Å²) < 4.78 is 19.1. The highest BCUT2D eigenvalue weighted by Crippen LogP contribution is 2.19. The van der Waals surface area contributed by atoms with Gasteiger partial charge in [0.2, 0.25) is 0 Å². The number of halogens is 1. The molecule has 0 radical (unpaired) electrons. The fraction of sp³-hybridized carbons (Fsp3) is 0.143. The van der Waals surface area contributed by atoms with Crippen LogP contribution in [0.2, 0.25) is 0 Å². The Balaban J connectivity index is 2.24. The van der Waals surface area contributed by atoms with Crippen molar-refractivity contribution in [3.8, 4) is 0 Å². The Hall–Kier alpha value is -2.21. The van der Waals surface area contributed by atoms with Crippen LogP contribution in [0.15, 0.2) is 28.7 Å². The maximum atomic E-state index is 13.8. The van der Waals surface area contributed by atoms with Crippen molar-refractivity contribution in [2.45, 2.75) is 13.8 Å². The molecule has 0 unspecified atom stereocenters. The number of hydrogen-bond acceptors (Lipinski definition) is 3. The number of amides is 1. The van der Waals surface area contributed by atoms with Crippen LogP contribution in [0.5, 0.6) is 0 Å². The molecule has 0 aliphatic heterocycles. The first-order chi connectivity index (χ1) is 9.38. The number of carbonyl (C=O) groups excluding carboxylic acids is 1. The molecule has 0 atom stereocenters. The number of anilines is 1. The van der Waals surface area contributed by atoms with Crippen molar-refractivity contribution in [3.05, 3.63) is 52.7 Å². The molecule has 2 rings (SSSR count). The monoisotopic (exact) mass is 292 g/mol. The molecule has 1 aromatic carbocycles. The minimum absolute atomic E-state index is 0.0632. The Bertz CT molecular complexity index is 694. The summed E-state index contributed by atoms with van der Waals surface area (Å²) in [6.07, 6.45) is 0. The van der Waals surface area contributed by atoms with Crippen LogP contribution in [0.25, 0.3) is 0 Å². The smallest absolute Gasteiger partial charge is 0.259 e. The first-order valence-corrected chi connectivity index (χ1v) is 6.27. The molecule has 1 heterocycles. The summed E-state index contributed by atoms with van der Waals surface area (Å²) in [7, 11) is 0. The molecule has 0 aliphatic carbocycles. The highest BCUT2D eigenvalue weighted by molar-refractivity contribution is 7.80. The van der Waals surface area contributed by atoms with Gasteiger partial charge in [0.05, 0.1) is 11.3 Å². The Labute approximate surface area is 120 Å². The van der Waals surface area contributed by atoms with Crippen molar-refractivity contribution in [2.75, 3.05) is 5.32 Å². The van der Waals surface area contributed by atoms with E-state index in [4.69, 9.17) is 22.4 Å². The molecule has 6 heteroatoms. The zero-order valence-corrected chi connectivity index (χ0v) is 11.8. The molecule has 2 aromatic rings. The van der Waals surface area contributed by atoms with Gasteiger partial charge in [-0.15, -0.1) is 0 Å². The lowest BCUT2D eigenvalue weighted by Gasteiger charge is -2.07. The topological polar surface area (TPSA) is 68.3 Å². The van der Waals surface area contributed by atoms with Crippen LogP contribution >= 0.6 is 12.2 Å². The summed E-state index contributed by atoms with van der Waals surface area (Å²) in [5.74, 6) is 0.0833. The predicted molar refractivity (Wildman–Crippen MR) is 78.4 cm³/mol. The van der Waals surface area contributed by atoms with Crippen molar-refractivity contribution < 1.29 is 13.6 Å². The first-order valence-electron chi connectivity index (χ1n) is 5.86. The van der Waals surface area contributed by atoms with Crippen molar-refractivity contribution in [2.24, 2.45) is 5.73 Å². The second-order valence-electron chi connectivity index (χ2n) is 4.34. The van der Waals surface area contributed by atoms with Gasteiger partial charge in [0.1, 0.15) is 22.3 Å². The molecule has 0 bridgehead atoms. The molecule has 0 spiro atoms. The summed E-state index contributed by atoms with van der Waals surface area (Å²) >= 11 is 4.76. The molecule has 20 heavy (non-hydrogen) atoms. The average molecular weight is 292 g/mol. The van der Waals surface area contributed by atoms with Crippen LogP contribution in [-0.2, 0) is 0 Å². The summed E-state index contributed by atoms with van der Waals surface area (Å²) in [4.78, 5) is 12.1. The lowest BCUT2D eigenvalue weighted by atomic mass is 10.2. The minimum Gasteiger partial charge on any atom is -0.466 e. The van der Waals surface area contributed by atoms with Crippen LogP contribution in [0.4, 0.5) is 10.1 Å². The van der Waals surface area contributed by atoms with Gasteiger partial charge in [-0.3, -0.25) is 4.79 Å². The maximum Gasteiger partial charge on any atom is 0.259 e. The number of aryl methyl sites for hydroxylation is 2. The van der Waals surface area contributed by atoms with E-state index in [9.17, 15) is 9.18 Å². The van der Waals surface area contributed by atoms with E-state index in [1.807, 2.05) is 0 Å². The number of nitrogens with two attached hydrogens (primary N) is 1. The zero-order chi connectivity index (χ0) is 14.9. The second kappa shape index (κ2) is 5.42. The molecule has 4 nitrogen and oxygen atoms in total. The van der Waals surface area contributed by atoms with E-state index in [-0.39, 0.29) is 10.7 Å². The summed E-state index contributed by atoms with van der Waals surface area (Å²) in [6.45, 7) is 3.41. The molecule has 0 saturated heterocycles. The minimum atomic E-state index is -0.596. The van der Waals surface area contributed by atoms with E-state index in [1.165, 1.54) is 12.1 Å². The predicted octanol–water partition coefficient (Wildman–Crippen LogP) is 2.92. The second-order valence-corrected chi connectivity index (χ2v) is 4.78. The van der Waals surface area contributed by atoms with Gasteiger partial charge in [-0.1, -0.05) is 12.2 Å². The average Bonchev–Trinajstić information content (AvgIpc) is 2.70. The van der Waals surface area contributed by atoms with E-state index < -0.39 is 11.7 Å². The van der Waals surface area contributed by atoms with Gasteiger partial charge in [-0.25, -0.2) is 4.39 Å². The molecule has 0 fully saturated rings. The lowest BCUT2D eigenvalue weighted by Crippen LogP contribution is -2.14. The quantitative estimate of drug-likeness (QED) is 0.853. The van der Waals surface area contributed by atoms with Gasteiger partial charge in [0.15, 0.2) is 0 Å². The SMILES string of the molecule is Cc1cc(C(=O)Nc2ccc(C(N)=S)cc2F)c(C)o1. The van der Waals surface area contributed by atoms with Crippen LogP contribution in [-0.4, -0.2) is 10.9 Å². The van der Waals surface area contributed by atoms with E-state index in [1.54, 1.807) is 26.0 Å². The van der Waals surface area contributed by atoms with Gasteiger partial charge in [0.25, 0.3) is 5.91 Å². The largest absolute Gasteiger partial charge is 0.466 e. The number of hydrogen-bond donors (Lipinski definition) is 2. The third kappa shape index (κ3) is 2.85. The Morgan fingerprint density at radius 3 is 2.55 bits per heavy atom. The summed E-state index contributed by atoms with van der Waals surface area (Å²) in [5, 5.41) is 2.49. The number of nitrogens with one attached hydrogen (secondary N) is 1. The third-order valence-electron chi connectivity index (χ3n) is 2.79. The van der Waals surface area contributed by atoms with Crippen LogP contribution < -0.4 is 11.1 Å². The van der Waals surface area contributed by atoms with Crippen LogP contribution in [0.3, 0.4) is 0 Å². The van der Waals surface area contributed by atoms with Crippen molar-refractivity contribution in [1.82, 2.24) is 0 Å². The van der Waals surface area contributed by atoms with Crippen molar-refractivity contribution in [1.29, 1.82) is 0 Å². The molecule has 3 N–H and O–H groups in total. The molecule has 104 valence electrons. The van der Waals surface area contributed by atoms with Crippen LogP contribution in [0, 0.1) is 19.7 Å². The third-order valence-corrected chi connectivity index (χ3v) is 3.02.